The molecule has 1 aliphatic carbocycles. The van der Waals surface area contributed by atoms with Crippen LogP contribution in [0.25, 0.3) is 10.9 Å². The van der Waals surface area contributed by atoms with E-state index < -0.39 is 11.4 Å². The Kier molecular flexibility index (Phi) is 3.26. The number of aromatic amines is 1. The molecule has 2 aliphatic heterocycles. The summed E-state index contributed by atoms with van der Waals surface area (Å²) >= 11 is 0. The molecule has 8 heteroatoms. The summed E-state index contributed by atoms with van der Waals surface area (Å²) in [6, 6.07) is 2.87. The van der Waals surface area contributed by atoms with Crippen LogP contribution in [0.4, 0.5) is 10.3 Å². The van der Waals surface area contributed by atoms with Gasteiger partial charge in [0, 0.05) is 43.6 Å². The summed E-state index contributed by atoms with van der Waals surface area (Å²) < 4.78 is 20.0. The fourth-order valence-electron chi connectivity index (χ4n) is 3.81. The summed E-state index contributed by atoms with van der Waals surface area (Å²) in [4.78, 5) is 32.8. The van der Waals surface area contributed by atoms with Crippen LogP contribution in [0, 0.1) is 17.2 Å². The van der Waals surface area contributed by atoms with Crippen molar-refractivity contribution >= 4 is 22.8 Å². The van der Waals surface area contributed by atoms with Crippen molar-refractivity contribution in [2.75, 3.05) is 31.1 Å². The van der Waals surface area contributed by atoms with E-state index in [1.54, 1.807) is 6.07 Å². The van der Waals surface area contributed by atoms with E-state index in [-0.39, 0.29) is 22.2 Å². The Hall–Kier alpha value is -2.64. The number of nitrogens with one attached hydrogen (secondary N) is 2. The van der Waals surface area contributed by atoms with Crippen molar-refractivity contribution < 1.29 is 13.9 Å². The first kappa shape index (κ1) is 15.6. The number of amides is 1. The maximum atomic E-state index is 14.4. The highest BCUT2D eigenvalue weighted by molar-refractivity contribution is 5.82. The highest BCUT2D eigenvalue weighted by Crippen LogP contribution is 2.38. The summed E-state index contributed by atoms with van der Waals surface area (Å²) in [7, 11) is 0. The summed E-state index contributed by atoms with van der Waals surface area (Å²) in [6.45, 7) is 2.49. The van der Waals surface area contributed by atoms with Gasteiger partial charge in [-0.2, -0.15) is 0 Å². The van der Waals surface area contributed by atoms with Crippen LogP contribution in [0.5, 0.6) is 5.75 Å². The molecule has 5 rings (SSSR count). The van der Waals surface area contributed by atoms with Crippen molar-refractivity contribution in [3.63, 3.8) is 0 Å². The second-order valence-corrected chi connectivity index (χ2v) is 7.75. The predicted octanol–water partition coefficient (Wildman–Crippen LogP) is 1.18. The molecule has 3 aliphatic rings. The second-order valence-electron chi connectivity index (χ2n) is 7.75. The number of ether oxygens (including phenoxy) is 1. The SMILES string of the molecule is O=C1CC2(CN1)CN(c1nc3cc(OCC4CC4)cc(F)c3c(=O)[nH]1)C2. The van der Waals surface area contributed by atoms with E-state index in [0.29, 0.717) is 50.3 Å². The maximum Gasteiger partial charge on any atom is 0.263 e. The third kappa shape index (κ3) is 2.60. The van der Waals surface area contributed by atoms with Crippen molar-refractivity contribution in [2.24, 2.45) is 11.3 Å². The van der Waals surface area contributed by atoms with Crippen LogP contribution in [0.3, 0.4) is 0 Å². The Bertz CT molecular complexity index is 963. The lowest BCUT2D eigenvalue weighted by Gasteiger charge is -2.47. The van der Waals surface area contributed by atoms with E-state index in [9.17, 15) is 14.0 Å². The van der Waals surface area contributed by atoms with Crippen LogP contribution in [-0.4, -0.2) is 42.1 Å². The molecule has 0 atom stereocenters. The average Bonchev–Trinajstić information content (AvgIpc) is 3.31. The van der Waals surface area contributed by atoms with Crippen molar-refractivity contribution in [2.45, 2.75) is 19.3 Å². The van der Waals surface area contributed by atoms with Gasteiger partial charge < -0.3 is 15.0 Å². The van der Waals surface area contributed by atoms with Crippen LogP contribution >= 0.6 is 0 Å². The van der Waals surface area contributed by atoms with E-state index in [1.165, 1.54) is 6.07 Å². The molecule has 3 heterocycles. The van der Waals surface area contributed by atoms with Crippen LogP contribution in [-0.2, 0) is 4.79 Å². The average molecular weight is 358 g/mol. The summed E-state index contributed by atoms with van der Waals surface area (Å²) in [5.74, 6) is 0.794. The highest BCUT2D eigenvalue weighted by Gasteiger charge is 2.48. The Morgan fingerprint density at radius 1 is 1.31 bits per heavy atom. The van der Waals surface area contributed by atoms with Gasteiger partial charge in [-0.05, 0) is 18.8 Å². The number of hydrogen-bond donors (Lipinski definition) is 2. The molecular weight excluding hydrogens is 339 g/mol. The number of hydrogen-bond acceptors (Lipinski definition) is 5. The molecule has 0 unspecified atom stereocenters. The number of carbonyl (C=O) groups excluding carboxylic acids is 1. The fourth-order valence-corrected chi connectivity index (χ4v) is 3.81. The Morgan fingerprint density at radius 2 is 2.12 bits per heavy atom. The van der Waals surface area contributed by atoms with Gasteiger partial charge in [-0.1, -0.05) is 0 Å². The first-order valence-electron chi connectivity index (χ1n) is 8.89. The number of halogens is 1. The zero-order valence-corrected chi connectivity index (χ0v) is 14.2. The van der Waals surface area contributed by atoms with Crippen molar-refractivity contribution in [1.82, 2.24) is 15.3 Å². The zero-order chi connectivity index (χ0) is 17.9. The van der Waals surface area contributed by atoms with Gasteiger partial charge >= 0.3 is 0 Å². The number of H-pyrrole nitrogens is 1. The minimum atomic E-state index is -0.626. The van der Waals surface area contributed by atoms with Gasteiger partial charge in [-0.25, -0.2) is 9.37 Å². The lowest BCUT2D eigenvalue weighted by atomic mass is 9.79. The number of carbonyl (C=O) groups is 1. The van der Waals surface area contributed by atoms with E-state index in [0.717, 1.165) is 12.8 Å². The number of benzene rings is 1. The number of nitrogens with zero attached hydrogens (tertiary/aromatic N) is 2. The quantitative estimate of drug-likeness (QED) is 0.857. The standard InChI is InChI=1S/C18H19FN4O3/c19-12-3-11(26-6-10-1-2-10)4-13-15(12)16(25)22-17(21-13)23-8-18(9-23)5-14(24)20-7-18/h3-4,10H,1-2,5-9H2,(H,20,24)(H,21,22,25). The summed E-state index contributed by atoms with van der Waals surface area (Å²) in [6.07, 6.45) is 2.79. The molecule has 136 valence electrons. The van der Waals surface area contributed by atoms with E-state index in [4.69, 9.17) is 4.74 Å². The van der Waals surface area contributed by atoms with E-state index in [2.05, 4.69) is 15.3 Å². The van der Waals surface area contributed by atoms with Crippen LogP contribution in [0.15, 0.2) is 16.9 Å². The third-order valence-electron chi connectivity index (χ3n) is 5.45. The molecule has 0 bridgehead atoms. The van der Waals surface area contributed by atoms with Gasteiger partial charge in [0.15, 0.2) is 0 Å². The largest absolute Gasteiger partial charge is 0.493 e. The van der Waals surface area contributed by atoms with Gasteiger partial charge in [0.05, 0.1) is 12.1 Å². The molecule has 1 saturated carbocycles. The molecular formula is C18H19FN4O3. The van der Waals surface area contributed by atoms with E-state index >= 15 is 0 Å². The molecule has 3 fully saturated rings. The predicted molar refractivity (Wildman–Crippen MR) is 92.8 cm³/mol. The minimum Gasteiger partial charge on any atom is -0.493 e. The number of anilines is 1. The monoisotopic (exact) mass is 358 g/mol. The van der Waals surface area contributed by atoms with Crippen molar-refractivity contribution in [1.29, 1.82) is 0 Å². The lowest BCUT2D eigenvalue weighted by Crippen LogP contribution is -2.58. The molecule has 2 N–H and O–H groups in total. The number of fused-ring (bicyclic) bond motifs is 1. The Labute approximate surface area is 148 Å². The van der Waals surface area contributed by atoms with Crippen LogP contribution < -0.4 is 20.5 Å². The summed E-state index contributed by atoms with van der Waals surface area (Å²) in [5, 5.41) is 2.79. The molecule has 1 aromatic carbocycles. The first-order valence-corrected chi connectivity index (χ1v) is 8.89. The van der Waals surface area contributed by atoms with Crippen LogP contribution in [0.1, 0.15) is 19.3 Å². The van der Waals surface area contributed by atoms with Crippen molar-refractivity contribution in [3.05, 3.63) is 28.3 Å². The summed E-state index contributed by atoms with van der Waals surface area (Å²) in [5.41, 5.74) is -0.292. The van der Waals surface area contributed by atoms with Gasteiger partial charge in [-0.15, -0.1) is 0 Å². The molecule has 1 amide bonds. The highest BCUT2D eigenvalue weighted by atomic mass is 19.1. The minimum absolute atomic E-state index is 0.0551. The third-order valence-corrected chi connectivity index (χ3v) is 5.45. The molecule has 2 saturated heterocycles. The van der Waals surface area contributed by atoms with Gasteiger partial charge in [0.1, 0.15) is 17.0 Å². The smallest absolute Gasteiger partial charge is 0.263 e. The molecule has 1 spiro atoms. The molecule has 7 nitrogen and oxygen atoms in total. The molecule has 26 heavy (non-hydrogen) atoms. The van der Waals surface area contributed by atoms with Gasteiger partial charge in [0.25, 0.3) is 5.56 Å². The first-order chi connectivity index (χ1) is 12.5. The van der Waals surface area contributed by atoms with Gasteiger partial charge in [0.2, 0.25) is 11.9 Å². The van der Waals surface area contributed by atoms with Crippen LogP contribution in [0.2, 0.25) is 0 Å². The number of aromatic nitrogens is 2. The Balaban J connectivity index is 1.43. The van der Waals surface area contributed by atoms with E-state index in [1.807, 2.05) is 4.90 Å². The van der Waals surface area contributed by atoms with Gasteiger partial charge in [-0.3, -0.25) is 14.6 Å². The molecule has 0 radical (unpaired) electrons. The Morgan fingerprint density at radius 3 is 2.81 bits per heavy atom. The molecule has 1 aromatic heterocycles. The zero-order valence-electron chi connectivity index (χ0n) is 14.2. The normalized spacial score (nSPS) is 21.1. The fraction of sp³-hybridized carbons (Fsp3) is 0.500. The molecule has 2 aromatic rings. The lowest BCUT2D eigenvalue weighted by molar-refractivity contribution is -0.119. The number of rotatable bonds is 4. The van der Waals surface area contributed by atoms with Crippen molar-refractivity contribution in [3.8, 4) is 5.75 Å². The second kappa shape index (κ2) is 5.43. The topological polar surface area (TPSA) is 87.3 Å². The maximum absolute atomic E-state index is 14.4.